The molecule has 1 unspecified atom stereocenters. The Hall–Kier alpha value is -2.86. The zero-order valence-electron chi connectivity index (χ0n) is 14.1. The molecule has 0 radical (unpaired) electrons. The highest BCUT2D eigenvalue weighted by Crippen LogP contribution is 2.26. The average molecular weight is 369 g/mol. The van der Waals surface area contributed by atoms with Crippen LogP contribution in [0.4, 0.5) is 5.69 Å². The molecule has 1 aliphatic rings. The van der Waals surface area contributed by atoms with Crippen molar-refractivity contribution in [2.75, 3.05) is 5.32 Å². The first-order chi connectivity index (χ1) is 12.5. The maximum absolute atomic E-state index is 12.7. The summed E-state index contributed by atoms with van der Waals surface area (Å²) >= 11 is 6.17. The van der Waals surface area contributed by atoms with Gasteiger partial charge in [0.25, 0.3) is 5.91 Å². The van der Waals surface area contributed by atoms with Gasteiger partial charge in [-0.05, 0) is 42.7 Å². The number of benzene rings is 1. The predicted octanol–water partition coefficient (Wildman–Crippen LogP) is 3.36. The largest absolute Gasteiger partial charge is 0.344 e. The second-order valence-electron chi connectivity index (χ2n) is 6.34. The topological polar surface area (TPSA) is 75.5 Å². The van der Waals surface area contributed by atoms with Gasteiger partial charge in [-0.2, -0.15) is 0 Å². The number of anilines is 1. The predicted molar refractivity (Wildman–Crippen MR) is 99.5 cm³/mol. The molecule has 1 aromatic carbocycles. The van der Waals surface area contributed by atoms with Crippen LogP contribution in [-0.4, -0.2) is 21.2 Å². The van der Waals surface area contributed by atoms with Crippen LogP contribution in [0, 0.1) is 0 Å². The number of carbonyl (C=O) groups excluding carboxylic acids is 2. The van der Waals surface area contributed by atoms with Gasteiger partial charge < -0.3 is 10.6 Å². The van der Waals surface area contributed by atoms with Crippen LogP contribution >= 0.6 is 11.6 Å². The summed E-state index contributed by atoms with van der Waals surface area (Å²) in [6.45, 7) is 1.91. The van der Waals surface area contributed by atoms with Crippen molar-refractivity contribution in [2.45, 2.75) is 25.8 Å². The molecule has 26 heavy (non-hydrogen) atoms. The summed E-state index contributed by atoms with van der Waals surface area (Å²) in [4.78, 5) is 28.4. The van der Waals surface area contributed by atoms with E-state index < -0.39 is 0 Å². The van der Waals surface area contributed by atoms with E-state index in [1.165, 1.54) is 0 Å². The highest BCUT2D eigenvalue weighted by Gasteiger charge is 2.21. The molecule has 132 valence electrons. The van der Waals surface area contributed by atoms with Crippen molar-refractivity contribution in [1.82, 2.24) is 14.7 Å². The van der Waals surface area contributed by atoms with Gasteiger partial charge in [-0.25, -0.2) is 4.98 Å². The summed E-state index contributed by atoms with van der Waals surface area (Å²) in [5.74, 6) is -0.249. The molecule has 7 heteroatoms. The monoisotopic (exact) mass is 368 g/mol. The summed E-state index contributed by atoms with van der Waals surface area (Å²) in [6, 6.07) is 11.1. The molecule has 6 nitrogen and oxygen atoms in total. The zero-order chi connectivity index (χ0) is 18.3. The van der Waals surface area contributed by atoms with Gasteiger partial charge >= 0.3 is 0 Å². The van der Waals surface area contributed by atoms with Gasteiger partial charge in [-0.3, -0.25) is 14.0 Å². The average Bonchev–Trinajstić information content (AvgIpc) is 2.96. The lowest BCUT2D eigenvalue weighted by atomic mass is 9.98. The number of aromatic nitrogens is 2. The highest BCUT2D eigenvalue weighted by molar-refractivity contribution is 6.32. The summed E-state index contributed by atoms with van der Waals surface area (Å²) in [7, 11) is 0. The number of nitrogens with one attached hydrogen (secondary N) is 2. The van der Waals surface area contributed by atoms with E-state index in [0.29, 0.717) is 24.2 Å². The van der Waals surface area contributed by atoms with Crippen LogP contribution in [0.3, 0.4) is 0 Å². The van der Waals surface area contributed by atoms with Crippen molar-refractivity contribution >= 4 is 34.7 Å². The third-order valence-electron chi connectivity index (χ3n) is 4.57. The Morgan fingerprint density at radius 2 is 2.15 bits per heavy atom. The standard InChI is InChI=1S/C19H17ClN4O2/c1-11(12-5-7-14-13(10-12)6-8-16(25)22-14)21-19(26)17-18(20)23-15-4-2-3-9-24(15)17/h2-5,7,9-11H,6,8H2,1H3,(H,21,26)(H,22,25). The first-order valence-electron chi connectivity index (χ1n) is 8.39. The molecule has 1 aliphatic heterocycles. The molecular weight excluding hydrogens is 352 g/mol. The Labute approximate surface area is 155 Å². The van der Waals surface area contributed by atoms with Crippen molar-refractivity contribution in [3.8, 4) is 0 Å². The molecule has 2 N–H and O–H groups in total. The van der Waals surface area contributed by atoms with E-state index in [1.807, 2.05) is 37.3 Å². The molecule has 0 spiro atoms. The van der Waals surface area contributed by atoms with Gasteiger partial charge in [-0.1, -0.05) is 29.8 Å². The lowest BCUT2D eigenvalue weighted by molar-refractivity contribution is -0.116. The van der Waals surface area contributed by atoms with Gasteiger partial charge in [0.15, 0.2) is 10.8 Å². The fourth-order valence-electron chi connectivity index (χ4n) is 3.19. The molecule has 3 aromatic rings. The summed E-state index contributed by atoms with van der Waals surface area (Å²) in [5.41, 5.74) is 3.83. The third kappa shape index (κ3) is 2.93. The second kappa shape index (κ2) is 6.46. The van der Waals surface area contributed by atoms with Crippen molar-refractivity contribution in [2.24, 2.45) is 0 Å². The van der Waals surface area contributed by atoms with Gasteiger partial charge in [-0.15, -0.1) is 0 Å². The Morgan fingerprint density at radius 3 is 3.00 bits per heavy atom. The van der Waals surface area contributed by atoms with E-state index in [1.54, 1.807) is 16.7 Å². The van der Waals surface area contributed by atoms with Crippen LogP contribution in [0.1, 0.15) is 41.0 Å². The number of fused-ring (bicyclic) bond motifs is 2. The molecular formula is C19H17ClN4O2. The molecule has 0 fully saturated rings. The van der Waals surface area contributed by atoms with Gasteiger partial charge in [0.2, 0.25) is 5.91 Å². The number of amides is 2. The molecule has 1 atom stereocenters. The van der Waals surface area contributed by atoms with Gasteiger partial charge in [0, 0.05) is 18.3 Å². The first-order valence-corrected chi connectivity index (χ1v) is 8.77. The molecule has 0 aliphatic carbocycles. The van der Waals surface area contributed by atoms with E-state index >= 15 is 0 Å². The molecule has 2 aromatic heterocycles. The number of hydrogen-bond donors (Lipinski definition) is 2. The number of aryl methyl sites for hydroxylation is 1. The number of halogens is 1. The Bertz CT molecular complexity index is 1030. The van der Waals surface area contributed by atoms with Crippen LogP contribution in [0.15, 0.2) is 42.6 Å². The summed E-state index contributed by atoms with van der Waals surface area (Å²) in [5, 5.41) is 6.01. The number of hydrogen-bond acceptors (Lipinski definition) is 3. The maximum Gasteiger partial charge on any atom is 0.272 e. The van der Waals surface area contributed by atoms with Crippen LogP contribution in [0.5, 0.6) is 0 Å². The minimum Gasteiger partial charge on any atom is -0.344 e. The lowest BCUT2D eigenvalue weighted by Crippen LogP contribution is -2.28. The molecule has 0 saturated carbocycles. The Morgan fingerprint density at radius 1 is 1.31 bits per heavy atom. The van der Waals surface area contributed by atoms with Crippen molar-refractivity contribution in [1.29, 1.82) is 0 Å². The van der Waals surface area contributed by atoms with Crippen molar-refractivity contribution < 1.29 is 9.59 Å². The van der Waals surface area contributed by atoms with Crippen molar-refractivity contribution in [3.63, 3.8) is 0 Å². The highest BCUT2D eigenvalue weighted by atomic mass is 35.5. The molecule has 0 saturated heterocycles. The SMILES string of the molecule is CC(NC(=O)c1c(Cl)nc2ccccn12)c1ccc2c(c1)CCC(=O)N2. The Kier molecular flexibility index (Phi) is 4.12. The lowest BCUT2D eigenvalue weighted by Gasteiger charge is -2.20. The Balaban J connectivity index is 1.58. The number of nitrogens with zero attached hydrogens (tertiary/aromatic N) is 2. The summed E-state index contributed by atoms with van der Waals surface area (Å²) in [6.07, 6.45) is 2.94. The molecule has 2 amide bonds. The van der Waals surface area contributed by atoms with Crippen LogP contribution in [-0.2, 0) is 11.2 Å². The number of imidazole rings is 1. The molecule has 4 rings (SSSR count). The van der Waals surface area contributed by atoms with Gasteiger partial charge in [0.05, 0.1) is 6.04 Å². The third-order valence-corrected chi connectivity index (χ3v) is 4.84. The quantitative estimate of drug-likeness (QED) is 0.744. The fourth-order valence-corrected chi connectivity index (χ4v) is 3.45. The van der Waals surface area contributed by atoms with E-state index in [9.17, 15) is 9.59 Å². The van der Waals surface area contributed by atoms with E-state index in [-0.39, 0.29) is 23.0 Å². The first kappa shape index (κ1) is 16.6. The van der Waals surface area contributed by atoms with Crippen molar-refractivity contribution in [3.05, 3.63) is 64.6 Å². The van der Waals surface area contributed by atoms with Crippen LogP contribution in [0.25, 0.3) is 5.65 Å². The fraction of sp³-hybridized carbons (Fsp3) is 0.211. The number of pyridine rings is 1. The van der Waals surface area contributed by atoms with E-state index in [2.05, 4.69) is 15.6 Å². The molecule has 3 heterocycles. The summed E-state index contributed by atoms with van der Waals surface area (Å²) < 4.78 is 1.67. The van der Waals surface area contributed by atoms with Gasteiger partial charge in [0.1, 0.15) is 5.65 Å². The normalized spacial score (nSPS) is 14.6. The zero-order valence-corrected chi connectivity index (χ0v) is 14.9. The number of carbonyl (C=O) groups is 2. The van der Waals surface area contributed by atoms with E-state index in [0.717, 1.165) is 16.8 Å². The molecule has 0 bridgehead atoms. The van der Waals surface area contributed by atoms with E-state index in [4.69, 9.17) is 11.6 Å². The minimum absolute atomic E-state index is 0.0360. The minimum atomic E-state index is -0.285. The maximum atomic E-state index is 12.7. The second-order valence-corrected chi connectivity index (χ2v) is 6.70. The van der Waals surface area contributed by atoms with Crippen LogP contribution in [0.2, 0.25) is 5.15 Å². The smallest absolute Gasteiger partial charge is 0.272 e. The number of rotatable bonds is 3. The van der Waals surface area contributed by atoms with Crippen LogP contribution < -0.4 is 10.6 Å².